The average Bonchev–Trinajstić information content (AvgIpc) is 2.45. The van der Waals surface area contributed by atoms with Gasteiger partial charge in [0.05, 0.1) is 11.3 Å². The fourth-order valence-corrected chi connectivity index (χ4v) is 1.95. The Morgan fingerprint density at radius 3 is 2.55 bits per heavy atom. The van der Waals surface area contributed by atoms with Gasteiger partial charge < -0.3 is 10.0 Å². The lowest BCUT2D eigenvalue weighted by Gasteiger charge is -2.19. The number of hydrogen-bond donors (Lipinski definition) is 1. The van der Waals surface area contributed by atoms with Crippen LogP contribution in [-0.4, -0.2) is 34.6 Å². The summed E-state index contributed by atoms with van der Waals surface area (Å²) in [5.74, 6) is -0.164. The van der Waals surface area contributed by atoms with Gasteiger partial charge in [0, 0.05) is 26.0 Å². The van der Waals surface area contributed by atoms with E-state index in [1.54, 1.807) is 31.5 Å². The van der Waals surface area contributed by atoms with Crippen LogP contribution in [0, 0.1) is 6.92 Å². The van der Waals surface area contributed by atoms with E-state index in [1.807, 2.05) is 24.1 Å². The lowest BCUT2D eigenvalue weighted by atomic mass is 10.2. The SMILES string of the molecule is Cc1nc(N(C)CCc2ccncc2)ccc1C(=O)O. The standard InChI is InChI=1S/C15H17N3O2/c1-11-13(15(19)20)3-4-14(17-11)18(2)10-7-12-5-8-16-9-6-12/h3-6,8-9H,7,10H2,1-2H3,(H,19,20). The first kappa shape index (κ1) is 14.0. The van der Waals surface area contributed by atoms with Crippen molar-refractivity contribution in [1.29, 1.82) is 0 Å². The lowest BCUT2D eigenvalue weighted by molar-refractivity contribution is 0.0695. The van der Waals surface area contributed by atoms with Gasteiger partial charge in [-0.3, -0.25) is 4.98 Å². The number of nitrogens with zero attached hydrogens (tertiary/aromatic N) is 3. The summed E-state index contributed by atoms with van der Waals surface area (Å²) < 4.78 is 0. The Hall–Kier alpha value is -2.43. The number of rotatable bonds is 5. The number of aromatic carboxylic acids is 1. The summed E-state index contributed by atoms with van der Waals surface area (Å²) >= 11 is 0. The van der Waals surface area contributed by atoms with Crippen molar-refractivity contribution in [3.63, 3.8) is 0 Å². The quantitative estimate of drug-likeness (QED) is 0.902. The van der Waals surface area contributed by atoms with Gasteiger partial charge in [-0.2, -0.15) is 0 Å². The van der Waals surface area contributed by atoms with Crippen LogP contribution in [0.15, 0.2) is 36.7 Å². The Morgan fingerprint density at radius 2 is 1.95 bits per heavy atom. The Kier molecular flexibility index (Phi) is 4.30. The molecule has 2 rings (SSSR count). The molecule has 0 bridgehead atoms. The fourth-order valence-electron chi connectivity index (χ4n) is 1.95. The van der Waals surface area contributed by atoms with Crippen molar-refractivity contribution in [2.75, 3.05) is 18.5 Å². The topological polar surface area (TPSA) is 66.3 Å². The molecule has 1 N–H and O–H groups in total. The van der Waals surface area contributed by atoms with Gasteiger partial charge in [0.25, 0.3) is 0 Å². The van der Waals surface area contributed by atoms with Crippen LogP contribution in [-0.2, 0) is 6.42 Å². The maximum atomic E-state index is 11.0. The van der Waals surface area contributed by atoms with Gasteiger partial charge >= 0.3 is 5.97 Å². The number of anilines is 1. The number of aromatic nitrogens is 2. The van der Waals surface area contributed by atoms with Gasteiger partial charge in [-0.25, -0.2) is 9.78 Å². The summed E-state index contributed by atoms with van der Waals surface area (Å²) in [4.78, 5) is 21.3. The monoisotopic (exact) mass is 271 g/mol. The number of carboxylic acid groups (broad SMARTS) is 1. The number of carbonyl (C=O) groups is 1. The first-order chi connectivity index (χ1) is 9.58. The van der Waals surface area contributed by atoms with Crippen molar-refractivity contribution < 1.29 is 9.90 Å². The van der Waals surface area contributed by atoms with Crippen LogP contribution < -0.4 is 4.90 Å². The minimum atomic E-state index is -0.944. The fraction of sp³-hybridized carbons (Fsp3) is 0.267. The molecule has 0 aromatic carbocycles. The third-order valence-corrected chi connectivity index (χ3v) is 3.18. The number of aryl methyl sites for hydroxylation is 1. The van der Waals surface area contributed by atoms with Crippen LogP contribution >= 0.6 is 0 Å². The van der Waals surface area contributed by atoms with Crippen LogP contribution in [0.5, 0.6) is 0 Å². The number of likely N-dealkylation sites (N-methyl/N-ethyl adjacent to an activating group) is 1. The van der Waals surface area contributed by atoms with Crippen LogP contribution in [0.1, 0.15) is 21.6 Å². The highest BCUT2D eigenvalue weighted by atomic mass is 16.4. The maximum Gasteiger partial charge on any atom is 0.337 e. The van der Waals surface area contributed by atoms with Crippen molar-refractivity contribution >= 4 is 11.8 Å². The molecule has 0 aliphatic heterocycles. The highest BCUT2D eigenvalue weighted by Crippen LogP contribution is 2.14. The van der Waals surface area contributed by atoms with E-state index in [4.69, 9.17) is 5.11 Å². The van der Waals surface area contributed by atoms with Crippen LogP contribution in [0.2, 0.25) is 0 Å². The Labute approximate surface area is 117 Å². The van der Waals surface area contributed by atoms with E-state index in [0.29, 0.717) is 5.69 Å². The molecule has 0 aliphatic rings. The first-order valence-corrected chi connectivity index (χ1v) is 6.39. The summed E-state index contributed by atoms with van der Waals surface area (Å²) in [6.07, 6.45) is 4.44. The van der Waals surface area contributed by atoms with E-state index < -0.39 is 5.97 Å². The molecule has 0 spiro atoms. The molecule has 2 aromatic heterocycles. The largest absolute Gasteiger partial charge is 0.478 e. The van der Waals surface area contributed by atoms with E-state index >= 15 is 0 Å². The Balaban J connectivity index is 2.04. The zero-order valence-electron chi connectivity index (χ0n) is 11.6. The zero-order valence-corrected chi connectivity index (χ0v) is 11.6. The molecule has 2 heterocycles. The smallest absolute Gasteiger partial charge is 0.337 e. The van der Waals surface area contributed by atoms with Gasteiger partial charge in [-0.1, -0.05) is 0 Å². The second-order valence-electron chi connectivity index (χ2n) is 4.63. The summed E-state index contributed by atoms with van der Waals surface area (Å²) in [5, 5.41) is 8.99. The molecule has 0 amide bonds. The van der Waals surface area contributed by atoms with E-state index in [1.165, 1.54) is 5.56 Å². The van der Waals surface area contributed by atoms with E-state index in [0.717, 1.165) is 18.8 Å². The van der Waals surface area contributed by atoms with Crippen LogP contribution in [0.4, 0.5) is 5.82 Å². The molecule has 0 unspecified atom stereocenters. The molecule has 0 aliphatic carbocycles. The molecule has 2 aromatic rings. The van der Waals surface area contributed by atoms with Crippen LogP contribution in [0.25, 0.3) is 0 Å². The van der Waals surface area contributed by atoms with E-state index in [-0.39, 0.29) is 5.56 Å². The van der Waals surface area contributed by atoms with Gasteiger partial charge in [0.1, 0.15) is 5.82 Å². The zero-order chi connectivity index (χ0) is 14.5. The molecule has 0 saturated heterocycles. The average molecular weight is 271 g/mol. The molecule has 0 atom stereocenters. The van der Waals surface area contributed by atoms with Crippen molar-refractivity contribution in [1.82, 2.24) is 9.97 Å². The van der Waals surface area contributed by atoms with Gasteiger partial charge in [-0.05, 0) is 43.2 Å². The molecular weight excluding hydrogens is 254 g/mol. The molecule has 0 radical (unpaired) electrons. The van der Waals surface area contributed by atoms with Crippen LogP contribution in [0.3, 0.4) is 0 Å². The number of hydrogen-bond acceptors (Lipinski definition) is 4. The molecule has 0 saturated carbocycles. The van der Waals surface area contributed by atoms with Gasteiger partial charge in [-0.15, -0.1) is 0 Å². The second-order valence-corrected chi connectivity index (χ2v) is 4.63. The molecule has 5 nitrogen and oxygen atoms in total. The van der Waals surface area contributed by atoms with E-state index in [2.05, 4.69) is 9.97 Å². The van der Waals surface area contributed by atoms with Gasteiger partial charge in [0.15, 0.2) is 0 Å². The van der Waals surface area contributed by atoms with Crippen molar-refractivity contribution in [2.24, 2.45) is 0 Å². The molecule has 20 heavy (non-hydrogen) atoms. The highest BCUT2D eigenvalue weighted by molar-refractivity contribution is 5.89. The minimum absolute atomic E-state index is 0.247. The third kappa shape index (κ3) is 3.32. The Bertz CT molecular complexity index is 599. The first-order valence-electron chi connectivity index (χ1n) is 6.39. The second kappa shape index (κ2) is 6.14. The molecule has 104 valence electrons. The van der Waals surface area contributed by atoms with Gasteiger partial charge in [0.2, 0.25) is 0 Å². The number of pyridine rings is 2. The minimum Gasteiger partial charge on any atom is -0.478 e. The summed E-state index contributed by atoms with van der Waals surface area (Å²) in [7, 11) is 1.95. The third-order valence-electron chi connectivity index (χ3n) is 3.18. The molecular formula is C15H17N3O2. The lowest BCUT2D eigenvalue weighted by Crippen LogP contribution is -2.22. The normalized spacial score (nSPS) is 10.3. The van der Waals surface area contributed by atoms with Crippen molar-refractivity contribution in [3.05, 3.63) is 53.5 Å². The predicted octanol–water partition coefficient (Wildman–Crippen LogP) is 2.16. The number of carboxylic acids is 1. The summed E-state index contributed by atoms with van der Waals surface area (Å²) in [6.45, 7) is 2.52. The summed E-state index contributed by atoms with van der Waals surface area (Å²) in [5.41, 5.74) is 1.99. The highest BCUT2D eigenvalue weighted by Gasteiger charge is 2.10. The summed E-state index contributed by atoms with van der Waals surface area (Å²) in [6, 6.07) is 7.31. The molecule has 5 heteroatoms. The molecule has 0 fully saturated rings. The van der Waals surface area contributed by atoms with Crippen molar-refractivity contribution in [2.45, 2.75) is 13.3 Å². The van der Waals surface area contributed by atoms with E-state index in [9.17, 15) is 4.79 Å². The Morgan fingerprint density at radius 1 is 1.25 bits per heavy atom. The predicted molar refractivity (Wildman–Crippen MR) is 77.1 cm³/mol. The maximum absolute atomic E-state index is 11.0. The van der Waals surface area contributed by atoms with Crippen molar-refractivity contribution in [3.8, 4) is 0 Å².